The van der Waals surface area contributed by atoms with Gasteiger partial charge in [-0.2, -0.15) is 48.8 Å². The lowest BCUT2D eigenvalue weighted by Crippen LogP contribution is -2.34. The van der Waals surface area contributed by atoms with Gasteiger partial charge in [-0.05, 0) is 72.7 Å². The molecule has 0 aromatic carbocycles. The van der Waals surface area contributed by atoms with Crippen molar-refractivity contribution in [2.75, 3.05) is 23.0 Å². The molecular formula is C24H40S8. The van der Waals surface area contributed by atoms with Crippen molar-refractivity contribution < 1.29 is 0 Å². The summed E-state index contributed by atoms with van der Waals surface area (Å²) in [6.45, 7) is 4.65. The molecule has 32 heavy (non-hydrogen) atoms. The van der Waals surface area contributed by atoms with Crippen LogP contribution in [0, 0.1) is 11.8 Å². The lowest BCUT2D eigenvalue weighted by molar-refractivity contribution is 0.272. The molecule has 8 heteroatoms. The molecule has 4 atom stereocenters. The van der Waals surface area contributed by atoms with E-state index in [0.29, 0.717) is 9.16 Å². The van der Waals surface area contributed by atoms with E-state index in [2.05, 4.69) is 120 Å². The summed E-state index contributed by atoms with van der Waals surface area (Å²) in [5.74, 6) is 6.26. The number of rotatable bonds is 14. The highest BCUT2D eigenvalue weighted by atomic mass is 32.2. The van der Waals surface area contributed by atoms with Gasteiger partial charge >= 0.3 is 0 Å². The molecule has 1 aliphatic carbocycles. The van der Waals surface area contributed by atoms with E-state index >= 15 is 0 Å². The van der Waals surface area contributed by atoms with Gasteiger partial charge in [0.25, 0.3) is 0 Å². The number of thiol groups is 2. The van der Waals surface area contributed by atoms with Crippen LogP contribution in [0.2, 0.25) is 0 Å². The molecule has 0 bridgehead atoms. The molecule has 0 N–H and O–H groups in total. The van der Waals surface area contributed by atoms with Gasteiger partial charge in [0.1, 0.15) is 0 Å². The Morgan fingerprint density at radius 3 is 1.50 bits per heavy atom. The molecule has 0 aromatic rings. The quantitative estimate of drug-likeness (QED) is 0.153. The third-order valence-electron chi connectivity index (χ3n) is 6.41. The third-order valence-corrected chi connectivity index (χ3v) is 17.0. The normalized spacial score (nSPS) is 30.2. The zero-order valence-electron chi connectivity index (χ0n) is 19.4. The second-order valence-corrected chi connectivity index (χ2v) is 17.2. The van der Waals surface area contributed by atoms with Crippen LogP contribution < -0.4 is 0 Å². The zero-order valence-corrected chi connectivity index (χ0v) is 26.1. The predicted molar refractivity (Wildman–Crippen MR) is 170 cm³/mol. The van der Waals surface area contributed by atoms with Crippen LogP contribution in [-0.2, 0) is 0 Å². The van der Waals surface area contributed by atoms with Gasteiger partial charge in [0.2, 0.25) is 0 Å². The smallest absolute Gasteiger partial charge is 0.0709 e. The van der Waals surface area contributed by atoms with Crippen LogP contribution >= 0.6 is 95.8 Å². The summed E-state index contributed by atoms with van der Waals surface area (Å²) in [5.41, 5.74) is 0. The minimum absolute atomic E-state index is 0.707. The lowest BCUT2D eigenvalue weighted by atomic mass is 9.79. The molecule has 0 radical (unpaired) electrons. The molecule has 0 spiro atoms. The fraction of sp³-hybridized carbons (Fsp3) is 0.833. The first kappa shape index (κ1) is 28.8. The number of hydrogen-bond acceptors (Lipinski definition) is 8. The number of unbranched alkanes of at least 4 members (excludes halogenated alkanes) is 2. The zero-order chi connectivity index (χ0) is 22.8. The van der Waals surface area contributed by atoms with Gasteiger partial charge in [0.05, 0.1) is 9.16 Å². The molecule has 4 unspecified atom stereocenters. The van der Waals surface area contributed by atoms with Crippen LogP contribution in [0.1, 0.15) is 65.2 Å². The van der Waals surface area contributed by atoms with Crippen molar-refractivity contribution in [2.24, 2.45) is 11.8 Å². The monoisotopic (exact) mass is 584 g/mol. The summed E-state index contributed by atoms with van der Waals surface area (Å²) in [6.07, 6.45) is 11.1. The molecule has 1 fully saturated rings. The Morgan fingerprint density at radius 2 is 1.19 bits per heavy atom. The highest BCUT2D eigenvalue weighted by Gasteiger charge is 2.40. The summed E-state index contributed by atoms with van der Waals surface area (Å²) < 4.78 is 1.41. The van der Waals surface area contributed by atoms with E-state index in [0.717, 1.165) is 33.8 Å². The average molecular weight is 585 g/mol. The summed E-state index contributed by atoms with van der Waals surface area (Å²) >= 11 is 22.1. The fourth-order valence-corrected chi connectivity index (χ4v) is 15.2. The van der Waals surface area contributed by atoms with Crippen LogP contribution in [0.25, 0.3) is 0 Å². The Hall–Kier alpha value is 2.28. The van der Waals surface area contributed by atoms with Crippen molar-refractivity contribution in [3.05, 3.63) is 20.6 Å². The minimum Gasteiger partial charge on any atom is -0.174 e. The second kappa shape index (κ2) is 16.2. The van der Waals surface area contributed by atoms with Gasteiger partial charge in [-0.3, -0.25) is 0 Å². The molecular weight excluding hydrogens is 545 g/mol. The maximum Gasteiger partial charge on any atom is 0.0709 e. The molecule has 3 rings (SSSR count). The lowest BCUT2D eigenvalue weighted by Gasteiger charge is -2.39. The van der Waals surface area contributed by atoms with Crippen LogP contribution in [0.4, 0.5) is 0 Å². The van der Waals surface area contributed by atoms with Gasteiger partial charge < -0.3 is 0 Å². The number of hydrogen-bond donors (Lipinski definition) is 2. The highest BCUT2D eigenvalue weighted by Crippen LogP contribution is 2.53. The standard InChI is InChI=1S/C24H40S8/c1-3-5-11-27-21(23-29-15-19(13-25)31-23)17-7-9-18(10-8-17)22(28-12-6-4-2)24-30-16-20(14-26)32-24/h15-18,21-26H,3-14H2,1-2H3. The Balaban J connectivity index is 1.57. The second-order valence-electron chi connectivity index (χ2n) is 8.78. The van der Waals surface area contributed by atoms with E-state index in [9.17, 15) is 0 Å². The van der Waals surface area contributed by atoms with E-state index in [1.165, 1.54) is 72.7 Å². The van der Waals surface area contributed by atoms with E-state index in [1.54, 1.807) is 0 Å². The first-order valence-electron chi connectivity index (χ1n) is 12.2. The summed E-state index contributed by atoms with van der Waals surface area (Å²) in [7, 11) is 0. The predicted octanol–water partition coefficient (Wildman–Crippen LogP) is 9.75. The minimum atomic E-state index is 0.707. The van der Waals surface area contributed by atoms with Gasteiger partial charge in [0.15, 0.2) is 0 Å². The number of thioether (sulfide) groups is 6. The van der Waals surface area contributed by atoms with Gasteiger partial charge in [-0.25, -0.2) is 0 Å². The summed E-state index contributed by atoms with van der Waals surface area (Å²) in [6, 6.07) is 0. The molecule has 0 saturated heterocycles. The highest BCUT2D eigenvalue weighted by molar-refractivity contribution is 8.24. The largest absolute Gasteiger partial charge is 0.174 e. The molecule has 1 saturated carbocycles. The molecule has 2 aliphatic heterocycles. The molecule has 2 heterocycles. The van der Waals surface area contributed by atoms with Crippen molar-refractivity contribution in [1.29, 1.82) is 0 Å². The topological polar surface area (TPSA) is 0 Å². The Bertz CT molecular complexity index is 547. The Labute approximate surface area is 234 Å². The van der Waals surface area contributed by atoms with Crippen molar-refractivity contribution >= 4 is 95.8 Å². The Morgan fingerprint density at radius 1 is 0.781 bits per heavy atom. The SMILES string of the molecule is CCCCSC(C1CCC(C(SCCCC)C2SC=C(CS)S2)CC1)C1SC=C(CS)S1. The van der Waals surface area contributed by atoms with Crippen LogP contribution in [0.3, 0.4) is 0 Å². The summed E-state index contributed by atoms with van der Waals surface area (Å²) in [4.78, 5) is 2.96. The molecule has 3 aliphatic rings. The molecule has 184 valence electrons. The molecule has 0 aromatic heterocycles. The Kier molecular flexibility index (Phi) is 14.6. The third kappa shape index (κ3) is 8.69. The average Bonchev–Trinajstić information content (AvgIpc) is 3.50. The van der Waals surface area contributed by atoms with Crippen molar-refractivity contribution in [3.8, 4) is 0 Å². The van der Waals surface area contributed by atoms with Crippen molar-refractivity contribution in [3.63, 3.8) is 0 Å². The van der Waals surface area contributed by atoms with E-state index in [-0.39, 0.29) is 0 Å². The first-order chi connectivity index (χ1) is 15.7. The maximum absolute atomic E-state index is 4.54. The van der Waals surface area contributed by atoms with Crippen molar-refractivity contribution in [1.82, 2.24) is 0 Å². The van der Waals surface area contributed by atoms with Crippen LogP contribution in [0.15, 0.2) is 20.6 Å². The van der Waals surface area contributed by atoms with Gasteiger partial charge in [-0.1, -0.05) is 26.7 Å². The summed E-state index contributed by atoms with van der Waals surface area (Å²) in [5, 5.41) is 6.37. The van der Waals surface area contributed by atoms with Gasteiger partial charge in [0, 0.05) is 31.8 Å². The molecule has 0 amide bonds. The molecule has 0 nitrogen and oxygen atoms in total. The van der Waals surface area contributed by atoms with E-state index < -0.39 is 0 Å². The first-order valence-corrected chi connectivity index (χ1v) is 19.2. The van der Waals surface area contributed by atoms with Gasteiger partial charge in [-0.15, -0.1) is 47.0 Å². The van der Waals surface area contributed by atoms with Crippen LogP contribution in [0.5, 0.6) is 0 Å². The maximum atomic E-state index is 4.54. The van der Waals surface area contributed by atoms with E-state index in [1.807, 2.05) is 0 Å². The van der Waals surface area contributed by atoms with Crippen LogP contribution in [-0.4, -0.2) is 42.7 Å². The van der Waals surface area contributed by atoms with E-state index in [4.69, 9.17) is 0 Å². The fourth-order valence-electron chi connectivity index (χ4n) is 4.54. The van der Waals surface area contributed by atoms with Crippen molar-refractivity contribution in [2.45, 2.75) is 84.9 Å².